The van der Waals surface area contributed by atoms with Crippen molar-refractivity contribution in [3.8, 4) is 17.2 Å². The zero-order valence-electron chi connectivity index (χ0n) is 20.4. The number of amides is 1. The number of benzene rings is 3. The number of carbonyl (C=O) groups is 2. The first-order valence-electron chi connectivity index (χ1n) is 11.6. The van der Waals surface area contributed by atoms with Gasteiger partial charge in [0, 0.05) is 5.56 Å². The second-order valence-electron chi connectivity index (χ2n) is 8.21. The van der Waals surface area contributed by atoms with Crippen LogP contribution in [0.4, 0.5) is 5.13 Å². The molecule has 1 aromatic heterocycles. The molecule has 1 amide bonds. The summed E-state index contributed by atoms with van der Waals surface area (Å²) in [7, 11) is 3.09. The summed E-state index contributed by atoms with van der Waals surface area (Å²) in [5, 5.41) is 11.6. The quantitative estimate of drug-likeness (QED) is 0.201. The van der Waals surface area contributed by atoms with Gasteiger partial charge in [-0.1, -0.05) is 47.7 Å². The van der Waals surface area contributed by atoms with Crippen molar-refractivity contribution in [1.82, 2.24) is 4.98 Å². The second-order valence-corrected chi connectivity index (χ2v) is 9.22. The first-order valence-corrected chi connectivity index (χ1v) is 12.4. The maximum absolute atomic E-state index is 13.5. The number of anilines is 1. The fraction of sp³-hybridized carbons (Fsp3) is 0.179. The molecule has 1 unspecified atom stereocenters. The van der Waals surface area contributed by atoms with Gasteiger partial charge in [0.1, 0.15) is 11.5 Å². The molecule has 3 aromatic carbocycles. The van der Waals surface area contributed by atoms with Crippen molar-refractivity contribution in [3.05, 3.63) is 83.4 Å². The Morgan fingerprint density at radius 2 is 1.78 bits per heavy atom. The molecular formula is C28H24N2O6S. The van der Waals surface area contributed by atoms with E-state index in [1.54, 1.807) is 67.8 Å². The van der Waals surface area contributed by atoms with E-state index >= 15 is 0 Å². The van der Waals surface area contributed by atoms with Gasteiger partial charge in [-0.3, -0.25) is 14.5 Å². The average Bonchev–Trinajstić information content (AvgIpc) is 3.46. The molecule has 188 valence electrons. The van der Waals surface area contributed by atoms with Crippen molar-refractivity contribution >= 4 is 44.1 Å². The van der Waals surface area contributed by atoms with Gasteiger partial charge in [0.15, 0.2) is 16.6 Å². The Morgan fingerprint density at radius 3 is 2.49 bits per heavy atom. The number of aromatic nitrogens is 1. The molecule has 5 rings (SSSR count). The Hall–Kier alpha value is -4.37. The Kier molecular flexibility index (Phi) is 6.54. The predicted molar refractivity (Wildman–Crippen MR) is 142 cm³/mol. The summed E-state index contributed by atoms with van der Waals surface area (Å²) in [4.78, 5) is 32.9. The van der Waals surface area contributed by atoms with Crippen molar-refractivity contribution in [2.75, 3.05) is 25.7 Å². The van der Waals surface area contributed by atoms with Gasteiger partial charge in [0.05, 0.1) is 42.7 Å². The van der Waals surface area contributed by atoms with Crippen LogP contribution in [0, 0.1) is 0 Å². The number of ketones is 1. The molecule has 37 heavy (non-hydrogen) atoms. The van der Waals surface area contributed by atoms with Gasteiger partial charge in [-0.15, -0.1) is 0 Å². The summed E-state index contributed by atoms with van der Waals surface area (Å²) in [6, 6.07) is 18.3. The molecule has 0 radical (unpaired) electrons. The van der Waals surface area contributed by atoms with Gasteiger partial charge in [0.25, 0.3) is 5.78 Å². The van der Waals surface area contributed by atoms with E-state index < -0.39 is 17.7 Å². The number of aliphatic hydroxyl groups is 1. The lowest BCUT2D eigenvalue weighted by Gasteiger charge is -2.24. The SMILES string of the molecule is CCOc1ccc(C2/C(=C(\O)c3ccccc3)C(=O)C(=O)N2c2nc3ccc(OC)cc3s2)cc1OC. The molecule has 1 atom stereocenters. The van der Waals surface area contributed by atoms with E-state index in [0.29, 0.717) is 45.6 Å². The molecule has 2 heterocycles. The number of hydrogen-bond donors (Lipinski definition) is 1. The van der Waals surface area contributed by atoms with Crippen LogP contribution in [0.5, 0.6) is 17.2 Å². The van der Waals surface area contributed by atoms with Crippen LogP contribution in [-0.4, -0.2) is 42.6 Å². The number of rotatable bonds is 7. The molecule has 4 aromatic rings. The molecule has 0 saturated carbocycles. The van der Waals surface area contributed by atoms with Gasteiger partial charge < -0.3 is 19.3 Å². The third-order valence-corrected chi connectivity index (χ3v) is 7.10. The van der Waals surface area contributed by atoms with Crippen LogP contribution in [0.1, 0.15) is 24.1 Å². The largest absolute Gasteiger partial charge is 0.507 e. The van der Waals surface area contributed by atoms with Crippen LogP contribution < -0.4 is 19.1 Å². The monoisotopic (exact) mass is 516 g/mol. The Morgan fingerprint density at radius 1 is 1.00 bits per heavy atom. The first kappa shape index (κ1) is 24.3. The van der Waals surface area contributed by atoms with Crippen molar-refractivity contribution < 1.29 is 28.9 Å². The highest BCUT2D eigenvalue weighted by Gasteiger charge is 2.48. The van der Waals surface area contributed by atoms with E-state index in [1.807, 2.05) is 13.0 Å². The van der Waals surface area contributed by atoms with E-state index in [-0.39, 0.29) is 11.3 Å². The van der Waals surface area contributed by atoms with E-state index in [2.05, 4.69) is 4.98 Å². The maximum atomic E-state index is 13.5. The normalized spacial score (nSPS) is 16.8. The van der Waals surface area contributed by atoms with E-state index in [1.165, 1.54) is 23.3 Å². The number of fused-ring (bicyclic) bond motifs is 1. The summed E-state index contributed by atoms with van der Waals surface area (Å²) in [5.41, 5.74) is 1.62. The van der Waals surface area contributed by atoms with Crippen LogP contribution in [0.3, 0.4) is 0 Å². The number of hydrogen-bond acceptors (Lipinski definition) is 8. The second kappa shape index (κ2) is 9.94. The molecule has 1 fully saturated rings. The van der Waals surface area contributed by atoms with Gasteiger partial charge in [-0.2, -0.15) is 0 Å². The molecule has 0 bridgehead atoms. The summed E-state index contributed by atoms with van der Waals surface area (Å²) < 4.78 is 17.3. The topological polar surface area (TPSA) is 98.2 Å². The summed E-state index contributed by atoms with van der Waals surface area (Å²) in [6.45, 7) is 2.31. The zero-order chi connectivity index (χ0) is 26.1. The van der Waals surface area contributed by atoms with Crippen molar-refractivity contribution in [2.45, 2.75) is 13.0 Å². The van der Waals surface area contributed by atoms with E-state index in [0.717, 1.165) is 4.70 Å². The average molecular weight is 517 g/mol. The molecule has 9 heteroatoms. The Bertz CT molecular complexity index is 1530. The van der Waals surface area contributed by atoms with Crippen molar-refractivity contribution in [3.63, 3.8) is 0 Å². The standard InChI is InChI=1S/C28H24N2O6S/c1-4-36-20-13-10-17(14-21(20)35-3)24-23(25(31)16-8-6-5-7-9-16)26(32)27(33)30(24)28-29-19-12-11-18(34-2)15-22(19)37-28/h5-15,24,31H,4H2,1-3H3/b25-23+. The molecule has 1 N–H and O–H groups in total. The summed E-state index contributed by atoms with van der Waals surface area (Å²) in [5.74, 6) is -0.208. The van der Waals surface area contributed by atoms with Crippen LogP contribution in [-0.2, 0) is 9.59 Å². The number of carbonyl (C=O) groups excluding carboxylic acids is 2. The van der Waals surface area contributed by atoms with E-state index in [4.69, 9.17) is 14.2 Å². The maximum Gasteiger partial charge on any atom is 0.301 e. The third-order valence-electron chi connectivity index (χ3n) is 6.09. The van der Waals surface area contributed by atoms with Crippen LogP contribution in [0.25, 0.3) is 16.0 Å². The smallest absolute Gasteiger partial charge is 0.301 e. The minimum Gasteiger partial charge on any atom is -0.507 e. The minimum absolute atomic E-state index is 0.0285. The number of thiazole rings is 1. The third kappa shape index (κ3) is 4.27. The van der Waals surface area contributed by atoms with Gasteiger partial charge in [-0.25, -0.2) is 4.98 Å². The fourth-order valence-electron chi connectivity index (χ4n) is 4.35. The number of aliphatic hydroxyl groups excluding tert-OH is 1. The molecule has 1 saturated heterocycles. The number of ether oxygens (including phenoxy) is 3. The van der Waals surface area contributed by atoms with Crippen LogP contribution in [0.15, 0.2) is 72.3 Å². The van der Waals surface area contributed by atoms with Gasteiger partial charge in [0.2, 0.25) is 0 Å². The van der Waals surface area contributed by atoms with Crippen LogP contribution >= 0.6 is 11.3 Å². The summed E-state index contributed by atoms with van der Waals surface area (Å²) >= 11 is 1.26. The first-order chi connectivity index (χ1) is 18.0. The highest BCUT2D eigenvalue weighted by Crippen LogP contribution is 2.46. The lowest BCUT2D eigenvalue weighted by Crippen LogP contribution is -2.29. The Balaban J connectivity index is 1.72. The van der Waals surface area contributed by atoms with Crippen molar-refractivity contribution in [1.29, 1.82) is 0 Å². The highest BCUT2D eigenvalue weighted by atomic mass is 32.1. The zero-order valence-corrected chi connectivity index (χ0v) is 21.2. The van der Waals surface area contributed by atoms with Crippen LogP contribution in [0.2, 0.25) is 0 Å². The highest BCUT2D eigenvalue weighted by molar-refractivity contribution is 7.22. The van der Waals surface area contributed by atoms with Crippen molar-refractivity contribution in [2.24, 2.45) is 0 Å². The molecular weight excluding hydrogens is 492 g/mol. The molecule has 1 aliphatic rings. The molecule has 1 aliphatic heterocycles. The molecule has 8 nitrogen and oxygen atoms in total. The minimum atomic E-state index is -0.938. The predicted octanol–water partition coefficient (Wildman–Crippen LogP) is 5.34. The molecule has 0 spiro atoms. The fourth-order valence-corrected chi connectivity index (χ4v) is 5.37. The number of nitrogens with zero attached hydrogens (tertiary/aromatic N) is 2. The lowest BCUT2D eigenvalue weighted by molar-refractivity contribution is -0.132. The van der Waals surface area contributed by atoms with Gasteiger partial charge in [-0.05, 0) is 42.8 Å². The van der Waals surface area contributed by atoms with Gasteiger partial charge >= 0.3 is 5.91 Å². The molecule has 0 aliphatic carbocycles. The lowest BCUT2D eigenvalue weighted by atomic mass is 9.95. The van der Waals surface area contributed by atoms with E-state index in [9.17, 15) is 14.7 Å². The summed E-state index contributed by atoms with van der Waals surface area (Å²) in [6.07, 6.45) is 0. The number of methoxy groups -OCH3 is 2. The number of Topliss-reactive ketones (excluding diaryl/α,β-unsaturated/α-hetero) is 1. The Labute approximate surface area is 217 Å².